The monoisotopic (exact) mass is 272 g/mol. The minimum Gasteiger partial charge on any atom is -0.385 e. The summed E-state index contributed by atoms with van der Waals surface area (Å²) in [6.45, 7) is 10.9. The molecule has 1 heterocycles. The zero-order valence-electron chi connectivity index (χ0n) is 13.1. The molecule has 20 heavy (non-hydrogen) atoms. The smallest absolute Gasteiger partial charge is 0.0923 e. The first-order valence-electron chi connectivity index (χ1n) is 7.17. The van der Waals surface area contributed by atoms with E-state index in [0.29, 0.717) is 6.42 Å². The Labute approximate surface area is 121 Å². The third kappa shape index (κ3) is 2.93. The third-order valence-electron chi connectivity index (χ3n) is 3.94. The van der Waals surface area contributed by atoms with Gasteiger partial charge in [0.1, 0.15) is 0 Å². The van der Waals surface area contributed by atoms with Gasteiger partial charge in [0.25, 0.3) is 0 Å². The summed E-state index contributed by atoms with van der Waals surface area (Å²) < 4.78 is 1.96. The number of aryl methyl sites for hydroxylation is 4. The van der Waals surface area contributed by atoms with E-state index < -0.39 is 5.60 Å². The van der Waals surface area contributed by atoms with E-state index in [4.69, 9.17) is 0 Å². The molecule has 0 amide bonds. The Kier molecular flexibility index (Phi) is 4.00. The lowest BCUT2D eigenvalue weighted by molar-refractivity contribution is 0.0553. The highest BCUT2D eigenvalue weighted by Gasteiger charge is 2.25. The molecule has 2 rings (SSSR count). The van der Waals surface area contributed by atoms with Gasteiger partial charge in [-0.25, -0.2) is 0 Å². The van der Waals surface area contributed by atoms with Gasteiger partial charge in [-0.15, -0.1) is 0 Å². The van der Waals surface area contributed by atoms with Gasteiger partial charge in [0.05, 0.1) is 11.3 Å². The molecule has 0 bridgehead atoms. The summed E-state index contributed by atoms with van der Waals surface area (Å²) in [5, 5.41) is 15.3. The predicted octanol–water partition coefficient (Wildman–Crippen LogP) is 3.28. The molecule has 3 nitrogen and oxygen atoms in total. The highest BCUT2D eigenvalue weighted by molar-refractivity contribution is 5.33. The van der Waals surface area contributed by atoms with Crippen molar-refractivity contribution in [2.24, 2.45) is 0 Å². The largest absolute Gasteiger partial charge is 0.385 e. The van der Waals surface area contributed by atoms with Crippen molar-refractivity contribution >= 4 is 0 Å². The Morgan fingerprint density at radius 1 is 1.15 bits per heavy atom. The van der Waals surface area contributed by atoms with E-state index in [1.165, 1.54) is 11.1 Å². The Morgan fingerprint density at radius 2 is 1.85 bits per heavy atom. The molecule has 108 valence electrons. The highest BCUT2D eigenvalue weighted by Crippen LogP contribution is 2.27. The molecular formula is C17H24N2O. The van der Waals surface area contributed by atoms with Crippen molar-refractivity contribution in [1.29, 1.82) is 0 Å². The maximum atomic E-state index is 10.8. The van der Waals surface area contributed by atoms with Crippen LogP contribution in [0.25, 0.3) is 0 Å². The van der Waals surface area contributed by atoms with Gasteiger partial charge in [-0.05, 0) is 57.4 Å². The molecule has 0 radical (unpaired) electrons. The fourth-order valence-corrected chi connectivity index (χ4v) is 2.55. The second-order valence-electron chi connectivity index (χ2n) is 5.84. The zero-order chi connectivity index (χ0) is 14.9. The average Bonchev–Trinajstić information content (AvgIpc) is 2.72. The van der Waals surface area contributed by atoms with E-state index >= 15 is 0 Å². The van der Waals surface area contributed by atoms with Crippen LogP contribution in [-0.2, 0) is 18.6 Å². The Morgan fingerprint density at radius 3 is 2.45 bits per heavy atom. The van der Waals surface area contributed by atoms with Crippen LogP contribution in [0.1, 0.15) is 41.9 Å². The normalized spacial score (nSPS) is 14.3. The SMILES string of the molecule is CCn1nc(C)cc1CC(C)(O)c1ccc(C)c(C)c1. The summed E-state index contributed by atoms with van der Waals surface area (Å²) in [4.78, 5) is 0. The van der Waals surface area contributed by atoms with Crippen LogP contribution in [0, 0.1) is 20.8 Å². The first-order chi connectivity index (χ1) is 9.33. The van der Waals surface area contributed by atoms with Crippen LogP contribution in [0.15, 0.2) is 24.3 Å². The molecule has 1 aromatic heterocycles. The molecule has 1 N–H and O–H groups in total. The van der Waals surface area contributed by atoms with Gasteiger partial charge in [0.15, 0.2) is 0 Å². The van der Waals surface area contributed by atoms with Crippen molar-refractivity contribution in [3.63, 3.8) is 0 Å². The number of rotatable bonds is 4. The molecule has 1 aromatic carbocycles. The van der Waals surface area contributed by atoms with Gasteiger partial charge in [-0.2, -0.15) is 5.10 Å². The molecule has 2 aromatic rings. The van der Waals surface area contributed by atoms with E-state index in [1.807, 2.05) is 24.6 Å². The molecule has 0 saturated carbocycles. The summed E-state index contributed by atoms with van der Waals surface area (Å²) in [6, 6.07) is 8.22. The first kappa shape index (κ1) is 14.8. The molecule has 0 saturated heterocycles. The molecule has 0 aliphatic rings. The Hall–Kier alpha value is -1.61. The lowest BCUT2D eigenvalue weighted by Crippen LogP contribution is -2.26. The maximum Gasteiger partial charge on any atom is 0.0923 e. The standard InChI is InChI=1S/C17H24N2O/c1-6-19-16(10-14(4)18-19)11-17(5,20)15-8-7-12(2)13(3)9-15/h7-10,20H,6,11H2,1-5H3. The van der Waals surface area contributed by atoms with Crippen LogP contribution in [0.4, 0.5) is 0 Å². The first-order valence-corrected chi connectivity index (χ1v) is 7.17. The maximum absolute atomic E-state index is 10.8. The van der Waals surface area contributed by atoms with Gasteiger partial charge < -0.3 is 5.11 Å². The van der Waals surface area contributed by atoms with Gasteiger partial charge in [0, 0.05) is 18.7 Å². The number of aromatic nitrogens is 2. The molecule has 1 unspecified atom stereocenters. The van der Waals surface area contributed by atoms with Crippen molar-refractivity contribution in [2.75, 3.05) is 0 Å². The van der Waals surface area contributed by atoms with E-state index in [2.05, 4.69) is 44.1 Å². The number of hydrogen-bond donors (Lipinski definition) is 1. The summed E-state index contributed by atoms with van der Waals surface area (Å²) in [5.41, 5.74) is 4.62. The summed E-state index contributed by atoms with van der Waals surface area (Å²) in [5.74, 6) is 0. The van der Waals surface area contributed by atoms with Gasteiger partial charge >= 0.3 is 0 Å². The molecule has 0 aliphatic carbocycles. The van der Waals surface area contributed by atoms with Crippen molar-refractivity contribution < 1.29 is 5.11 Å². The molecule has 0 spiro atoms. The highest BCUT2D eigenvalue weighted by atomic mass is 16.3. The quantitative estimate of drug-likeness (QED) is 0.927. The lowest BCUT2D eigenvalue weighted by Gasteiger charge is -2.25. The number of benzene rings is 1. The molecule has 0 fully saturated rings. The van der Waals surface area contributed by atoms with Crippen molar-refractivity contribution in [2.45, 2.75) is 53.2 Å². The van der Waals surface area contributed by atoms with E-state index in [1.54, 1.807) is 0 Å². The van der Waals surface area contributed by atoms with Crippen LogP contribution < -0.4 is 0 Å². The van der Waals surface area contributed by atoms with Gasteiger partial charge in [-0.3, -0.25) is 4.68 Å². The van der Waals surface area contributed by atoms with Crippen LogP contribution in [0.5, 0.6) is 0 Å². The average molecular weight is 272 g/mol. The molecule has 1 atom stereocenters. The zero-order valence-corrected chi connectivity index (χ0v) is 13.1. The lowest BCUT2D eigenvalue weighted by atomic mass is 9.89. The summed E-state index contributed by atoms with van der Waals surface area (Å²) in [7, 11) is 0. The van der Waals surface area contributed by atoms with Gasteiger partial charge in [0.2, 0.25) is 0 Å². The fourth-order valence-electron chi connectivity index (χ4n) is 2.55. The second-order valence-corrected chi connectivity index (χ2v) is 5.84. The Balaban J connectivity index is 2.32. The van der Waals surface area contributed by atoms with E-state index in [0.717, 1.165) is 23.5 Å². The van der Waals surface area contributed by atoms with Crippen LogP contribution >= 0.6 is 0 Å². The second kappa shape index (κ2) is 5.41. The minimum absolute atomic E-state index is 0.574. The molecule has 0 aliphatic heterocycles. The third-order valence-corrected chi connectivity index (χ3v) is 3.94. The molecule has 3 heteroatoms. The predicted molar refractivity (Wildman–Crippen MR) is 81.8 cm³/mol. The number of nitrogens with zero attached hydrogens (tertiary/aromatic N) is 2. The molecular weight excluding hydrogens is 248 g/mol. The minimum atomic E-state index is -0.877. The van der Waals surface area contributed by atoms with E-state index in [9.17, 15) is 5.11 Å². The van der Waals surface area contributed by atoms with Crippen molar-refractivity contribution in [3.8, 4) is 0 Å². The Bertz CT molecular complexity index is 611. The van der Waals surface area contributed by atoms with Crippen molar-refractivity contribution in [3.05, 3.63) is 52.3 Å². The topological polar surface area (TPSA) is 38.0 Å². The van der Waals surface area contributed by atoms with Crippen LogP contribution in [0.2, 0.25) is 0 Å². The van der Waals surface area contributed by atoms with Crippen LogP contribution in [0.3, 0.4) is 0 Å². The number of aliphatic hydroxyl groups is 1. The van der Waals surface area contributed by atoms with Crippen LogP contribution in [-0.4, -0.2) is 14.9 Å². The van der Waals surface area contributed by atoms with E-state index in [-0.39, 0.29) is 0 Å². The fraction of sp³-hybridized carbons (Fsp3) is 0.471. The van der Waals surface area contributed by atoms with Crippen molar-refractivity contribution in [1.82, 2.24) is 9.78 Å². The summed E-state index contributed by atoms with van der Waals surface area (Å²) in [6.07, 6.45) is 0.574. The summed E-state index contributed by atoms with van der Waals surface area (Å²) >= 11 is 0. The van der Waals surface area contributed by atoms with Gasteiger partial charge in [-0.1, -0.05) is 18.2 Å². The number of hydrogen-bond acceptors (Lipinski definition) is 2.